The van der Waals surface area contributed by atoms with Crippen LogP contribution in [0.15, 0.2) is 18.2 Å². The number of benzene rings is 1. The summed E-state index contributed by atoms with van der Waals surface area (Å²) < 4.78 is 5.64. The van der Waals surface area contributed by atoms with E-state index in [1.165, 1.54) is 0 Å². The van der Waals surface area contributed by atoms with Crippen molar-refractivity contribution in [3.05, 3.63) is 29.3 Å². The maximum absolute atomic E-state index is 10.3. The zero-order valence-electron chi connectivity index (χ0n) is 13.0. The minimum atomic E-state index is -0.642. The summed E-state index contributed by atoms with van der Waals surface area (Å²) in [5, 5.41) is 13.4. The Morgan fingerprint density at radius 1 is 1.35 bits per heavy atom. The first-order valence-electron chi connectivity index (χ1n) is 7.36. The molecule has 0 spiro atoms. The number of aliphatic hydroxyl groups is 1. The van der Waals surface area contributed by atoms with Crippen molar-refractivity contribution in [1.29, 1.82) is 0 Å². The highest BCUT2D eigenvalue weighted by molar-refractivity contribution is 5.40. The van der Waals surface area contributed by atoms with Crippen molar-refractivity contribution >= 4 is 0 Å². The molecule has 0 heterocycles. The van der Waals surface area contributed by atoms with Crippen molar-refractivity contribution in [1.82, 2.24) is 5.32 Å². The van der Waals surface area contributed by atoms with Crippen LogP contribution in [0.25, 0.3) is 0 Å². The molecule has 0 aromatic heterocycles. The molecule has 0 saturated heterocycles. The maximum atomic E-state index is 10.3. The Hall–Kier alpha value is -1.10. The predicted octanol–water partition coefficient (Wildman–Crippen LogP) is 2.18. The van der Waals surface area contributed by atoms with E-state index < -0.39 is 6.10 Å². The van der Waals surface area contributed by atoms with Crippen LogP contribution >= 0.6 is 0 Å². The van der Waals surface area contributed by atoms with Gasteiger partial charge in [0, 0.05) is 6.04 Å². The fraction of sp³-hybridized carbons (Fsp3) is 0.625. The molecule has 2 unspecified atom stereocenters. The fourth-order valence-corrected chi connectivity index (χ4v) is 2.21. The second-order valence-corrected chi connectivity index (χ2v) is 5.39. The van der Waals surface area contributed by atoms with Gasteiger partial charge in [-0.25, -0.2) is 0 Å². The van der Waals surface area contributed by atoms with E-state index in [2.05, 4.69) is 19.2 Å². The third-order valence-electron chi connectivity index (χ3n) is 3.43. The standard InChI is InChI=1S/C16H28N2O2/c1-5-20-15-7-6-12(10-13(15)11(2)3)16(19)14(17)8-9-18-4/h6-7,10-11,14,16,18-19H,5,8-9,17H2,1-4H3. The number of aliphatic hydroxyl groups excluding tert-OH is 1. The monoisotopic (exact) mass is 280 g/mol. The number of nitrogens with two attached hydrogens (primary N) is 1. The Morgan fingerprint density at radius 3 is 2.60 bits per heavy atom. The molecular formula is C16H28N2O2. The molecule has 0 aliphatic rings. The van der Waals surface area contributed by atoms with E-state index in [9.17, 15) is 5.11 Å². The van der Waals surface area contributed by atoms with Gasteiger partial charge in [0.1, 0.15) is 5.75 Å². The van der Waals surface area contributed by atoms with E-state index in [4.69, 9.17) is 10.5 Å². The summed E-state index contributed by atoms with van der Waals surface area (Å²) in [6.07, 6.45) is 0.0959. The molecule has 0 aliphatic heterocycles. The molecule has 4 heteroatoms. The number of nitrogens with one attached hydrogen (secondary N) is 1. The molecule has 2 atom stereocenters. The second kappa shape index (κ2) is 8.25. The topological polar surface area (TPSA) is 67.5 Å². The van der Waals surface area contributed by atoms with Gasteiger partial charge in [0.15, 0.2) is 0 Å². The van der Waals surface area contributed by atoms with E-state index in [-0.39, 0.29) is 6.04 Å². The molecule has 1 aromatic rings. The van der Waals surface area contributed by atoms with Crippen molar-refractivity contribution < 1.29 is 9.84 Å². The molecule has 0 amide bonds. The van der Waals surface area contributed by atoms with E-state index in [1.54, 1.807) is 0 Å². The lowest BCUT2D eigenvalue weighted by Crippen LogP contribution is -2.31. The summed E-state index contributed by atoms with van der Waals surface area (Å²) in [5.74, 6) is 1.24. The summed E-state index contributed by atoms with van der Waals surface area (Å²) in [6, 6.07) is 5.59. The van der Waals surface area contributed by atoms with Crippen molar-refractivity contribution in [3.63, 3.8) is 0 Å². The van der Waals surface area contributed by atoms with Crippen molar-refractivity contribution in [2.24, 2.45) is 5.73 Å². The SMILES string of the molecule is CCOc1ccc(C(O)C(N)CCNC)cc1C(C)C. The quantitative estimate of drug-likeness (QED) is 0.683. The lowest BCUT2D eigenvalue weighted by Gasteiger charge is -2.21. The summed E-state index contributed by atoms with van der Waals surface area (Å²) >= 11 is 0. The highest BCUT2D eigenvalue weighted by Gasteiger charge is 2.19. The first-order chi connectivity index (χ1) is 9.51. The van der Waals surface area contributed by atoms with Gasteiger partial charge in [0.05, 0.1) is 12.7 Å². The third-order valence-corrected chi connectivity index (χ3v) is 3.43. The van der Waals surface area contributed by atoms with Gasteiger partial charge < -0.3 is 20.9 Å². The van der Waals surface area contributed by atoms with Gasteiger partial charge in [0.2, 0.25) is 0 Å². The van der Waals surface area contributed by atoms with Crippen LogP contribution in [0.3, 0.4) is 0 Å². The fourth-order valence-electron chi connectivity index (χ4n) is 2.21. The normalized spacial score (nSPS) is 14.3. The third kappa shape index (κ3) is 4.47. The van der Waals surface area contributed by atoms with Gasteiger partial charge in [-0.05, 0) is 56.1 Å². The van der Waals surface area contributed by atoms with E-state index in [0.29, 0.717) is 12.5 Å². The Bertz CT molecular complexity index is 407. The first-order valence-corrected chi connectivity index (χ1v) is 7.36. The maximum Gasteiger partial charge on any atom is 0.122 e. The highest BCUT2D eigenvalue weighted by Crippen LogP contribution is 2.30. The Labute approximate surface area is 122 Å². The summed E-state index contributed by atoms with van der Waals surface area (Å²) in [4.78, 5) is 0. The van der Waals surface area contributed by atoms with Gasteiger partial charge in [-0.3, -0.25) is 0 Å². The molecule has 4 nitrogen and oxygen atoms in total. The Balaban J connectivity index is 2.92. The van der Waals surface area contributed by atoms with Gasteiger partial charge >= 0.3 is 0 Å². The summed E-state index contributed by atoms with van der Waals surface area (Å²) in [6.45, 7) is 7.65. The lowest BCUT2D eigenvalue weighted by molar-refractivity contribution is 0.142. The summed E-state index contributed by atoms with van der Waals surface area (Å²) in [5.41, 5.74) is 8.01. The number of hydrogen-bond acceptors (Lipinski definition) is 4. The van der Waals surface area contributed by atoms with Crippen LogP contribution in [0.4, 0.5) is 0 Å². The Morgan fingerprint density at radius 2 is 2.05 bits per heavy atom. The van der Waals surface area contributed by atoms with Crippen LogP contribution < -0.4 is 15.8 Å². The molecule has 0 saturated carbocycles. The molecule has 0 aliphatic carbocycles. The number of hydrogen-bond donors (Lipinski definition) is 3. The molecule has 114 valence electrons. The average molecular weight is 280 g/mol. The van der Waals surface area contributed by atoms with Crippen molar-refractivity contribution in [3.8, 4) is 5.75 Å². The van der Waals surface area contributed by atoms with Crippen LogP contribution in [0.5, 0.6) is 5.75 Å². The molecule has 0 radical (unpaired) electrons. The van der Waals surface area contributed by atoms with Crippen LogP contribution in [-0.2, 0) is 0 Å². The van der Waals surface area contributed by atoms with Crippen LogP contribution in [0, 0.1) is 0 Å². The second-order valence-electron chi connectivity index (χ2n) is 5.39. The van der Waals surface area contributed by atoms with E-state index >= 15 is 0 Å². The molecule has 0 bridgehead atoms. The van der Waals surface area contributed by atoms with E-state index in [1.807, 2.05) is 32.2 Å². The average Bonchev–Trinajstić information content (AvgIpc) is 2.44. The van der Waals surface area contributed by atoms with Crippen LogP contribution in [-0.4, -0.2) is 31.3 Å². The molecule has 0 fully saturated rings. The minimum Gasteiger partial charge on any atom is -0.494 e. The van der Waals surface area contributed by atoms with Gasteiger partial charge in [-0.2, -0.15) is 0 Å². The Kier molecular flexibility index (Phi) is 6.99. The molecule has 4 N–H and O–H groups in total. The van der Waals surface area contributed by atoms with Crippen molar-refractivity contribution in [2.45, 2.75) is 45.3 Å². The van der Waals surface area contributed by atoms with Crippen LogP contribution in [0.2, 0.25) is 0 Å². The molecule has 1 aromatic carbocycles. The first kappa shape index (κ1) is 17.0. The highest BCUT2D eigenvalue weighted by atomic mass is 16.5. The molecule has 20 heavy (non-hydrogen) atoms. The van der Waals surface area contributed by atoms with E-state index in [0.717, 1.165) is 29.8 Å². The van der Waals surface area contributed by atoms with Gasteiger partial charge in [0.25, 0.3) is 0 Å². The van der Waals surface area contributed by atoms with Gasteiger partial charge in [-0.15, -0.1) is 0 Å². The number of ether oxygens (including phenoxy) is 1. The lowest BCUT2D eigenvalue weighted by atomic mass is 9.94. The predicted molar refractivity (Wildman–Crippen MR) is 83.2 cm³/mol. The zero-order valence-corrected chi connectivity index (χ0v) is 13.0. The summed E-state index contributed by atoms with van der Waals surface area (Å²) in [7, 11) is 1.88. The largest absolute Gasteiger partial charge is 0.494 e. The number of rotatable bonds is 8. The van der Waals surface area contributed by atoms with Crippen LogP contribution in [0.1, 0.15) is 50.3 Å². The van der Waals surface area contributed by atoms with Crippen molar-refractivity contribution in [2.75, 3.05) is 20.2 Å². The van der Waals surface area contributed by atoms with Gasteiger partial charge in [-0.1, -0.05) is 19.9 Å². The zero-order chi connectivity index (χ0) is 15.1. The molecule has 1 rings (SSSR count). The smallest absolute Gasteiger partial charge is 0.122 e. The minimum absolute atomic E-state index is 0.264. The molecular weight excluding hydrogens is 252 g/mol.